The summed E-state index contributed by atoms with van der Waals surface area (Å²) in [5, 5.41) is 0. The van der Waals surface area contributed by atoms with Gasteiger partial charge < -0.3 is 9.53 Å². The number of ether oxygens (including phenoxy) is 1. The summed E-state index contributed by atoms with van der Waals surface area (Å²) in [6, 6.07) is 0. The molecule has 0 aliphatic heterocycles. The molecule has 0 aromatic heterocycles. The molecule has 1 fully saturated rings. The number of carbonyl (C=O) groups excluding carboxylic acids is 1. The van der Waals surface area contributed by atoms with Gasteiger partial charge in [0.15, 0.2) is 0 Å². The summed E-state index contributed by atoms with van der Waals surface area (Å²) < 4.78 is 5.76. The lowest BCUT2D eigenvalue weighted by atomic mass is 9.86. The summed E-state index contributed by atoms with van der Waals surface area (Å²) in [6.07, 6.45) is 9.33. The van der Waals surface area contributed by atoms with Crippen molar-refractivity contribution < 1.29 is 9.53 Å². The maximum absolute atomic E-state index is 10.3. The first-order chi connectivity index (χ1) is 6.86. The average Bonchev–Trinajstić information content (AvgIpc) is 2.21. The van der Waals surface area contributed by atoms with Crippen molar-refractivity contribution >= 4 is 6.29 Å². The molecule has 2 nitrogen and oxygen atoms in total. The second kappa shape index (κ2) is 6.99. The van der Waals surface area contributed by atoms with Gasteiger partial charge in [0.1, 0.15) is 6.29 Å². The molecule has 0 radical (unpaired) electrons. The lowest BCUT2D eigenvalue weighted by Crippen LogP contribution is -2.22. The molecule has 0 spiro atoms. The van der Waals surface area contributed by atoms with Crippen LogP contribution in [0.25, 0.3) is 0 Å². The van der Waals surface area contributed by atoms with Gasteiger partial charge in [-0.3, -0.25) is 0 Å². The van der Waals surface area contributed by atoms with Crippen molar-refractivity contribution in [1.29, 1.82) is 0 Å². The predicted octanol–water partition coefficient (Wildman–Crippen LogP) is 2.95. The van der Waals surface area contributed by atoms with E-state index in [2.05, 4.69) is 6.92 Å². The molecular formula is C12H22O2. The minimum Gasteiger partial charge on any atom is -0.378 e. The van der Waals surface area contributed by atoms with Crippen molar-refractivity contribution in [1.82, 2.24) is 0 Å². The van der Waals surface area contributed by atoms with Crippen molar-refractivity contribution in [3.05, 3.63) is 0 Å². The van der Waals surface area contributed by atoms with Gasteiger partial charge in [-0.15, -0.1) is 0 Å². The van der Waals surface area contributed by atoms with Gasteiger partial charge in [0.05, 0.1) is 6.10 Å². The van der Waals surface area contributed by atoms with E-state index in [0.717, 1.165) is 32.2 Å². The fourth-order valence-corrected chi connectivity index (χ4v) is 2.06. The summed E-state index contributed by atoms with van der Waals surface area (Å²) >= 11 is 0. The second-order valence-electron chi connectivity index (χ2n) is 4.27. The molecule has 0 saturated heterocycles. The van der Waals surface area contributed by atoms with Crippen LogP contribution in [0.15, 0.2) is 0 Å². The number of aldehydes is 1. The molecule has 82 valence electrons. The van der Waals surface area contributed by atoms with Crippen LogP contribution in [0.5, 0.6) is 0 Å². The van der Waals surface area contributed by atoms with E-state index in [1.54, 1.807) is 0 Å². The van der Waals surface area contributed by atoms with Gasteiger partial charge in [0.25, 0.3) is 0 Å². The smallest absolute Gasteiger partial charge is 0.120 e. The molecule has 1 saturated carbocycles. The van der Waals surface area contributed by atoms with Crippen LogP contribution in [0.4, 0.5) is 0 Å². The van der Waals surface area contributed by atoms with Gasteiger partial charge >= 0.3 is 0 Å². The third kappa shape index (κ3) is 4.23. The van der Waals surface area contributed by atoms with Crippen molar-refractivity contribution in [2.45, 2.75) is 58.0 Å². The zero-order valence-corrected chi connectivity index (χ0v) is 9.21. The summed E-state index contributed by atoms with van der Waals surface area (Å²) in [7, 11) is 0. The van der Waals surface area contributed by atoms with Crippen LogP contribution in [0.1, 0.15) is 51.9 Å². The van der Waals surface area contributed by atoms with Gasteiger partial charge in [-0.05, 0) is 38.0 Å². The minimum atomic E-state index is 0.476. The summed E-state index contributed by atoms with van der Waals surface area (Å²) in [4.78, 5) is 10.3. The minimum absolute atomic E-state index is 0.476. The molecule has 1 aliphatic rings. The molecule has 1 aliphatic carbocycles. The largest absolute Gasteiger partial charge is 0.378 e. The third-order valence-corrected chi connectivity index (χ3v) is 3.07. The summed E-state index contributed by atoms with van der Waals surface area (Å²) in [5.74, 6) is 0.638. The maximum Gasteiger partial charge on any atom is 0.120 e. The van der Waals surface area contributed by atoms with Gasteiger partial charge in [0, 0.05) is 13.0 Å². The number of carbonyl (C=O) groups is 1. The van der Waals surface area contributed by atoms with Crippen LogP contribution < -0.4 is 0 Å². The zero-order chi connectivity index (χ0) is 10.2. The molecule has 0 amide bonds. The number of hydrogen-bond donors (Lipinski definition) is 0. The summed E-state index contributed by atoms with van der Waals surface area (Å²) in [6.45, 7) is 3.10. The highest BCUT2D eigenvalue weighted by Gasteiger charge is 2.20. The third-order valence-electron chi connectivity index (χ3n) is 3.07. The normalized spacial score (nSPS) is 27.5. The molecule has 0 bridgehead atoms. The molecule has 0 aromatic carbocycles. The van der Waals surface area contributed by atoms with Crippen molar-refractivity contribution in [3.63, 3.8) is 0 Å². The van der Waals surface area contributed by atoms with Crippen LogP contribution in [0.2, 0.25) is 0 Å². The van der Waals surface area contributed by atoms with Crippen LogP contribution in [-0.2, 0) is 9.53 Å². The van der Waals surface area contributed by atoms with Crippen molar-refractivity contribution in [2.75, 3.05) is 6.61 Å². The Kier molecular flexibility index (Phi) is 5.85. The van der Waals surface area contributed by atoms with Crippen molar-refractivity contribution in [2.24, 2.45) is 5.92 Å². The molecule has 1 rings (SSSR count). The lowest BCUT2D eigenvalue weighted by molar-refractivity contribution is -0.109. The SMILES string of the molecule is CCCCOC1CCC(CC=O)CC1. The maximum atomic E-state index is 10.3. The van der Waals surface area contributed by atoms with Crippen LogP contribution in [0.3, 0.4) is 0 Å². The first kappa shape index (κ1) is 11.7. The number of rotatable bonds is 6. The predicted molar refractivity (Wildman–Crippen MR) is 57.3 cm³/mol. The molecule has 0 unspecified atom stereocenters. The Balaban J connectivity index is 2.06. The van der Waals surface area contributed by atoms with Crippen LogP contribution in [0, 0.1) is 5.92 Å². The Morgan fingerprint density at radius 3 is 2.57 bits per heavy atom. The lowest BCUT2D eigenvalue weighted by Gasteiger charge is -2.27. The van der Waals surface area contributed by atoms with Gasteiger partial charge in [0.2, 0.25) is 0 Å². The van der Waals surface area contributed by atoms with Gasteiger partial charge in [-0.2, -0.15) is 0 Å². The summed E-state index contributed by atoms with van der Waals surface area (Å²) in [5.41, 5.74) is 0. The molecule has 0 heterocycles. The van der Waals surface area contributed by atoms with E-state index < -0.39 is 0 Å². The average molecular weight is 198 g/mol. The number of hydrogen-bond acceptors (Lipinski definition) is 2. The van der Waals surface area contributed by atoms with Gasteiger partial charge in [-0.1, -0.05) is 13.3 Å². The number of unbranched alkanes of at least 4 members (excludes halogenated alkanes) is 1. The van der Waals surface area contributed by atoms with E-state index in [1.807, 2.05) is 0 Å². The highest BCUT2D eigenvalue weighted by molar-refractivity contribution is 5.49. The molecular weight excluding hydrogens is 176 g/mol. The Hall–Kier alpha value is -0.370. The van der Waals surface area contributed by atoms with Crippen molar-refractivity contribution in [3.8, 4) is 0 Å². The molecule has 0 N–H and O–H groups in total. The first-order valence-corrected chi connectivity index (χ1v) is 5.92. The van der Waals surface area contributed by atoms with Crippen LogP contribution >= 0.6 is 0 Å². The Bertz CT molecular complexity index is 148. The fraction of sp³-hybridized carbons (Fsp3) is 0.917. The van der Waals surface area contributed by atoms with E-state index in [-0.39, 0.29) is 0 Å². The van der Waals surface area contributed by atoms with E-state index >= 15 is 0 Å². The zero-order valence-electron chi connectivity index (χ0n) is 9.21. The van der Waals surface area contributed by atoms with E-state index in [4.69, 9.17) is 4.74 Å². The second-order valence-corrected chi connectivity index (χ2v) is 4.27. The first-order valence-electron chi connectivity index (χ1n) is 5.92. The Morgan fingerprint density at radius 2 is 2.00 bits per heavy atom. The topological polar surface area (TPSA) is 26.3 Å². The molecule has 0 aromatic rings. The monoisotopic (exact) mass is 198 g/mol. The van der Waals surface area contributed by atoms with E-state index in [9.17, 15) is 4.79 Å². The van der Waals surface area contributed by atoms with E-state index in [0.29, 0.717) is 12.0 Å². The molecule has 0 atom stereocenters. The standard InChI is InChI=1S/C12H22O2/c1-2-3-10-14-12-6-4-11(5-7-12)8-9-13/h9,11-12H,2-8,10H2,1H3. The fourth-order valence-electron chi connectivity index (χ4n) is 2.06. The van der Waals surface area contributed by atoms with E-state index in [1.165, 1.54) is 25.7 Å². The molecule has 14 heavy (non-hydrogen) atoms. The van der Waals surface area contributed by atoms with Gasteiger partial charge in [-0.25, -0.2) is 0 Å². The Morgan fingerprint density at radius 1 is 1.29 bits per heavy atom. The molecule has 2 heteroatoms. The Labute approximate surface area is 87.0 Å². The van der Waals surface area contributed by atoms with Crippen LogP contribution in [-0.4, -0.2) is 19.0 Å². The highest BCUT2D eigenvalue weighted by atomic mass is 16.5. The quantitative estimate of drug-likeness (QED) is 0.484. The highest BCUT2D eigenvalue weighted by Crippen LogP contribution is 2.27.